The smallest absolute Gasteiger partial charge is 0.251 e. The van der Waals surface area contributed by atoms with E-state index in [1.807, 2.05) is 12.4 Å². The summed E-state index contributed by atoms with van der Waals surface area (Å²) in [7, 11) is 0. The van der Waals surface area contributed by atoms with Gasteiger partial charge in [0.25, 0.3) is 5.91 Å². The molecule has 0 bridgehead atoms. The summed E-state index contributed by atoms with van der Waals surface area (Å²) in [5.74, 6) is 2.65. The first-order chi connectivity index (χ1) is 13.2. The SMILES string of the molecule is O=C(NCC1CC1)[C@H]1Cn2ccnc2C2(CCN(CC3CCCC3)CC2)O1. The summed E-state index contributed by atoms with van der Waals surface area (Å²) in [4.78, 5) is 19.9. The molecule has 0 unspecified atom stereocenters. The van der Waals surface area contributed by atoms with Gasteiger partial charge in [0.2, 0.25) is 0 Å². The van der Waals surface area contributed by atoms with Crippen LogP contribution < -0.4 is 5.32 Å². The van der Waals surface area contributed by atoms with Crippen LogP contribution in [0.3, 0.4) is 0 Å². The van der Waals surface area contributed by atoms with Crippen LogP contribution in [-0.2, 0) is 21.7 Å². The summed E-state index contributed by atoms with van der Waals surface area (Å²) in [6, 6.07) is 0. The third kappa shape index (κ3) is 3.66. The second-order valence-electron chi connectivity index (χ2n) is 9.14. The molecule has 1 saturated heterocycles. The lowest BCUT2D eigenvalue weighted by molar-refractivity contribution is -0.173. The molecule has 1 amide bonds. The highest BCUT2D eigenvalue weighted by Crippen LogP contribution is 2.40. The first-order valence-electron chi connectivity index (χ1n) is 10.9. The topological polar surface area (TPSA) is 59.4 Å². The molecule has 1 N–H and O–H groups in total. The number of rotatable bonds is 5. The van der Waals surface area contributed by atoms with Gasteiger partial charge in [-0.25, -0.2) is 4.98 Å². The summed E-state index contributed by atoms with van der Waals surface area (Å²) >= 11 is 0. The lowest BCUT2D eigenvalue weighted by Gasteiger charge is -2.46. The molecule has 1 spiro atoms. The van der Waals surface area contributed by atoms with Crippen molar-refractivity contribution in [3.8, 4) is 0 Å². The van der Waals surface area contributed by atoms with E-state index in [9.17, 15) is 4.79 Å². The molecule has 3 fully saturated rings. The molecule has 27 heavy (non-hydrogen) atoms. The number of piperidine rings is 1. The Balaban J connectivity index is 1.25. The first kappa shape index (κ1) is 17.7. The van der Waals surface area contributed by atoms with Gasteiger partial charge in [-0.3, -0.25) is 4.79 Å². The van der Waals surface area contributed by atoms with E-state index in [1.54, 1.807) is 0 Å². The lowest BCUT2D eigenvalue weighted by Crippen LogP contribution is -2.54. The molecule has 2 saturated carbocycles. The molecular weight excluding hydrogens is 340 g/mol. The zero-order valence-electron chi connectivity index (χ0n) is 16.2. The van der Waals surface area contributed by atoms with Crippen molar-refractivity contribution < 1.29 is 9.53 Å². The van der Waals surface area contributed by atoms with Gasteiger partial charge in [0.1, 0.15) is 11.4 Å². The van der Waals surface area contributed by atoms with Crippen molar-refractivity contribution >= 4 is 5.91 Å². The summed E-state index contributed by atoms with van der Waals surface area (Å²) < 4.78 is 8.66. The van der Waals surface area contributed by atoms with Crippen LogP contribution >= 0.6 is 0 Å². The summed E-state index contributed by atoms with van der Waals surface area (Å²) in [5.41, 5.74) is -0.393. The van der Waals surface area contributed by atoms with E-state index >= 15 is 0 Å². The number of amides is 1. The monoisotopic (exact) mass is 372 g/mol. The van der Waals surface area contributed by atoms with E-state index in [-0.39, 0.29) is 5.91 Å². The fourth-order valence-corrected chi connectivity index (χ4v) is 5.21. The Morgan fingerprint density at radius 3 is 2.70 bits per heavy atom. The van der Waals surface area contributed by atoms with E-state index in [0.717, 1.165) is 44.2 Å². The number of hydrogen-bond donors (Lipinski definition) is 1. The Hall–Kier alpha value is -1.40. The predicted molar refractivity (Wildman–Crippen MR) is 102 cm³/mol. The molecule has 6 heteroatoms. The van der Waals surface area contributed by atoms with Crippen LogP contribution in [0.5, 0.6) is 0 Å². The van der Waals surface area contributed by atoms with Gasteiger partial charge in [-0.15, -0.1) is 0 Å². The number of likely N-dealkylation sites (tertiary alicyclic amines) is 1. The van der Waals surface area contributed by atoms with Crippen LogP contribution in [0, 0.1) is 11.8 Å². The standard InChI is InChI=1S/C21H32N4O2/c26-19(23-13-16-5-6-16)18-15-25-12-9-22-20(25)21(27-18)7-10-24(11-8-21)14-17-3-1-2-4-17/h9,12,16-18H,1-8,10-11,13-15H2,(H,23,26)/t18-/m1/s1. The Morgan fingerprint density at radius 2 is 1.96 bits per heavy atom. The van der Waals surface area contributed by atoms with Crippen LogP contribution in [0.2, 0.25) is 0 Å². The third-order valence-electron chi connectivity index (χ3n) is 7.06. The van der Waals surface area contributed by atoms with Gasteiger partial charge < -0.3 is 19.5 Å². The number of hydrogen-bond acceptors (Lipinski definition) is 4. The lowest BCUT2D eigenvalue weighted by atomic mass is 9.88. The minimum Gasteiger partial charge on any atom is -0.354 e. The van der Waals surface area contributed by atoms with Gasteiger partial charge >= 0.3 is 0 Å². The highest BCUT2D eigenvalue weighted by Gasteiger charge is 2.47. The number of carbonyl (C=O) groups is 1. The van der Waals surface area contributed by atoms with E-state index in [4.69, 9.17) is 4.74 Å². The molecule has 6 nitrogen and oxygen atoms in total. The highest BCUT2D eigenvalue weighted by molar-refractivity contribution is 5.81. The fourth-order valence-electron chi connectivity index (χ4n) is 5.21. The summed E-state index contributed by atoms with van der Waals surface area (Å²) in [6.07, 6.45) is 13.4. The average Bonchev–Trinajstić information content (AvgIpc) is 3.14. The van der Waals surface area contributed by atoms with Crippen LogP contribution in [-0.4, -0.2) is 52.6 Å². The molecule has 5 rings (SSSR count). The van der Waals surface area contributed by atoms with Crippen molar-refractivity contribution in [2.45, 2.75) is 69.6 Å². The maximum Gasteiger partial charge on any atom is 0.251 e. The van der Waals surface area contributed by atoms with Crippen LogP contribution in [0.4, 0.5) is 0 Å². The number of ether oxygens (including phenoxy) is 1. The fraction of sp³-hybridized carbons (Fsp3) is 0.810. The molecule has 4 aliphatic rings. The second kappa shape index (κ2) is 7.21. The largest absolute Gasteiger partial charge is 0.354 e. The molecule has 148 valence electrons. The summed E-state index contributed by atoms with van der Waals surface area (Å²) in [5, 5.41) is 3.11. The first-order valence-corrected chi connectivity index (χ1v) is 10.9. The van der Waals surface area contributed by atoms with Crippen molar-refractivity contribution in [1.29, 1.82) is 0 Å². The third-order valence-corrected chi connectivity index (χ3v) is 7.06. The Morgan fingerprint density at radius 1 is 1.19 bits per heavy atom. The summed E-state index contributed by atoms with van der Waals surface area (Å²) in [6.45, 7) is 4.70. The van der Waals surface area contributed by atoms with Gasteiger partial charge in [-0.05, 0) is 50.4 Å². The number of imidazole rings is 1. The number of nitrogens with zero attached hydrogens (tertiary/aromatic N) is 3. The van der Waals surface area contributed by atoms with Crippen LogP contribution in [0.25, 0.3) is 0 Å². The minimum atomic E-state index is -0.396. The Bertz CT molecular complexity index is 669. The maximum absolute atomic E-state index is 12.7. The van der Waals surface area contributed by atoms with E-state index in [2.05, 4.69) is 19.8 Å². The van der Waals surface area contributed by atoms with Gasteiger partial charge in [-0.2, -0.15) is 0 Å². The van der Waals surface area contributed by atoms with Crippen LogP contribution in [0.15, 0.2) is 12.4 Å². The number of nitrogens with one attached hydrogen (secondary N) is 1. The molecule has 1 atom stereocenters. The zero-order valence-corrected chi connectivity index (χ0v) is 16.2. The Labute approximate surface area is 161 Å². The van der Waals surface area contributed by atoms with Crippen molar-refractivity contribution in [1.82, 2.24) is 19.8 Å². The van der Waals surface area contributed by atoms with Gasteiger partial charge in [-0.1, -0.05) is 12.8 Å². The van der Waals surface area contributed by atoms with Gasteiger partial charge in [0, 0.05) is 38.6 Å². The zero-order chi connectivity index (χ0) is 18.3. The Kier molecular flexibility index (Phi) is 4.72. The molecule has 2 aliphatic heterocycles. The maximum atomic E-state index is 12.7. The number of carbonyl (C=O) groups excluding carboxylic acids is 1. The molecule has 0 radical (unpaired) electrons. The van der Waals surface area contributed by atoms with Crippen molar-refractivity contribution in [2.24, 2.45) is 11.8 Å². The van der Waals surface area contributed by atoms with Gasteiger partial charge in [0.15, 0.2) is 6.10 Å². The van der Waals surface area contributed by atoms with Crippen molar-refractivity contribution in [3.63, 3.8) is 0 Å². The predicted octanol–water partition coefficient (Wildman–Crippen LogP) is 2.29. The second-order valence-corrected chi connectivity index (χ2v) is 9.14. The molecular formula is C21H32N4O2. The van der Waals surface area contributed by atoms with Crippen molar-refractivity contribution in [2.75, 3.05) is 26.2 Å². The molecule has 0 aromatic carbocycles. The van der Waals surface area contributed by atoms with Crippen molar-refractivity contribution in [3.05, 3.63) is 18.2 Å². The molecule has 1 aromatic heterocycles. The molecule has 2 aliphatic carbocycles. The van der Waals surface area contributed by atoms with E-state index < -0.39 is 11.7 Å². The number of fused-ring (bicyclic) bond motifs is 2. The average molecular weight is 373 g/mol. The van der Waals surface area contributed by atoms with Crippen LogP contribution in [0.1, 0.15) is 57.2 Å². The highest BCUT2D eigenvalue weighted by atomic mass is 16.5. The van der Waals surface area contributed by atoms with E-state index in [1.165, 1.54) is 45.1 Å². The number of aromatic nitrogens is 2. The van der Waals surface area contributed by atoms with E-state index in [0.29, 0.717) is 12.5 Å². The van der Waals surface area contributed by atoms with Gasteiger partial charge in [0.05, 0.1) is 6.54 Å². The molecule has 3 heterocycles. The normalized spacial score (nSPS) is 28.4. The molecule has 1 aromatic rings. The quantitative estimate of drug-likeness (QED) is 0.862. The minimum absolute atomic E-state index is 0.0500.